The van der Waals surface area contributed by atoms with Crippen molar-refractivity contribution in [2.24, 2.45) is 5.92 Å². The molecule has 0 bridgehead atoms. The number of rotatable bonds is 5. The summed E-state index contributed by atoms with van der Waals surface area (Å²) in [5, 5.41) is 3.31. The fourth-order valence-corrected chi connectivity index (χ4v) is 1.97. The minimum atomic E-state index is -0.288. The monoisotopic (exact) mass is 249 g/mol. The lowest BCUT2D eigenvalue weighted by Gasteiger charge is -2.11. The van der Waals surface area contributed by atoms with Gasteiger partial charge in [0.05, 0.1) is 18.8 Å². The second-order valence-corrected chi connectivity index (χ2v) is 4.41. The van der Waals surface area contributed by atoms with Crippen LogP contribution in [-0.4, -0.2) is 32.3 Å². The predicted molar refractivity (Wildman–Crippen MR) is 68.9 cm³/mol. The predicted octanol–water partition coefficient (Wildman–Crippen LogP) is 1.85. The Bertz CT molecular complexity index is 383. The summed E-state index contributed by atoms with van der Waals surface area (Å²) in [6, 6.07) is 7.10. The summed E-state index contributed by atoms with van der Waals surface area (Å²) in [6.45, 7) is 5.03. The van der Waals surface area contributed by atoms with Crippen LogP contribution in [0, 0.1) is 5.92 Å². The number of benzene rings is 1. The van der Waals surface area contributed by atoms with E-state index in [1.807, 2.05) is 12.1 Å². The molecule has 1 aliphatic heterocycles. The summed E-state index contributed by atoms with van der Waals surface area (Å²) in [7, 11) is 0. The van der Waals surface area contributed by atoms with Gasteiger partial charge < -0.3 is 14.8 Å². The Kier molecular flexibility index (Phi) is 4.59. The Balaban J connectivity index is 1.85. The zero-order chi connectivity index (χ0) is 12.8. The summed E-state index contributed by atoms with van der Waals surface area (Å²) in [5.41, 5.74) is 0.562. The number of ether oxygens (including phenoxy) is 2. The minimum Gasteiger partial charge on any atom is -0.493 e. The average Bonchev–Trinajstić information content (AvgIpc) is 2.90. The number of esters is 1. The van der Waals surface area contributed by atoms with Crippen LogP contribution in [0.25, 0.3) is 0 Å². The molecule has 0 unspecified atom stereocenters. The van der Waals surface area contributed by atoms with Crippen LogP contribution in [0.1, 0.15) is 23.7 Å². The molecule has 0 amide bonds. The maximum atomic E-state index is 11.5. The van der Waals surface area contributed by atoms with Gasteiger partial charge in [-0.1, -0.05) is 0 Å². The van der Waals surface area contributed by atoms with Gasteiger partial charge in [-0.15, -0.1) is 0 Å². The first-order valence-electron chi connectivity index (χ1n) is 6.40. The van der Waals surface area contributed by atoms with Crippen molar-refractivity contribution in [3.8, 4) is 5.75 Å². The van der Waals surface area contributed by atoms with Gasteiger partial charge in [-0.05, 0) is 44.2 Å². The van der Waals surface area contributed by atoms with E-state index in [4.69, 9.17) is 9.47 Å². The number of nitrogens with one attached hydrogen (secondary N) is 1. The topological polar surface area (TPSA) is 47.6 Å². The summed E-state index contributed by atoms with van der Waals surface area (Å²) < 4.78 is 10.6. The van der Waals surface area contributed by atoms with Gasteiger partial charge in [-0.2, -0.15) is 0 Å². The first kappa shape index (κ1) is 12.9. The molecule has 4 nitrogen and oxygen atoms in total. The van der Waals surface area contributed by atoms with Gasteiger partial charge >= 0.3 is 5.97 Å². The molecule has 1 N–H and O–H groups in total. The summed E-state index contributed by atoms with van der Waals surface area (Å²) >= 11 is 0. The van der Waals surface area contributed by atoms with Crippen molar-refractivity contribution in [3.63, 3.8) is 0 Å². The lowest BCUT2D eigenvalue weighted by atomic mass is 10.1. The zero-order valence-corrected chi connectivity index (χ0v) is 10.6. The van der Waals surface area contributed by atoms with Crippen molar-refractivity contribution in [1.82, 2.24) is 5.32 Å². The Morgan fingerprint density at radius 3 is 2.78 bits per heavy atom. The number of carbonyl (C=O) groups is 1. The van der Waals surface area contributed by atoms with Crippen LogP contribution in [0.2, 0.25) is 0 Å². The van der Waals surface area contributed by atoms with Gasteiger partial charge in [0, 0.05) is 12.5 Å². The second kappa shape index (κ2) is 6.40. The van der Waals surface area contributed by atoms with E-state index in [1.165, 1.54) is 6.42 Å². The second-order valence-electron chi connectivity index (χ2n) is 4.41. The van der Waals surface area contributed by atoms with Gasteiger partial charge in [-0.25, -0.2) is 4.79 Å². The first-order valence-corrected chi connectivity index (χ1v) is 6.40. The Morgan fingerprint density at radius 2 is 2.17 bits per heavy atom. The van der Waals surface area contributed by atoms with Gasteiger partial charge in [0.1, 0.15) is 5.75 Å². The molecule has 0 radical (unpaired) electrons. The zero-order valence-electron chi connectivity index (χ0n) is 10.6. The first-order chi connectivity index (χ1) is 8.79. The van der Waals surface area contributed by atoms with E-state index in [1.54, 1.807) is 19.1 Å². The van der Waals surface area contributed by atoms with Crippen molar-refractivity contribution >= 4 is 5.97 Å². The van der Waals surface area contributed by atoms with Crippen LogP contribution in [0.4, 0.5) is 0 Å². The van der Waals surface area contributed by atoms with Gasteiger partial charge in [0.2, 0.25) is 0 Å². The molecule has 0 aromatic heterocycles. The quantitative estimate of drug-likeness (QED) is 0.809. The molecule has 1 aromatic carbocycles. The van der Waals surface area contributed by atoms with E-state index in [2.05, 4.69) is 5.32 Å². The van der Waals surface area contributed by atoms with Crippen molar-refractivity contribution in [3.05, 3.63) is 29.8 Å². The van der Waals surface area contributed by atoms with Gasteiger partial charge in [0.25, 0.3) is 0 Å². The minimum absolute atomic E-state index is 0.288. The normalized spacial score (nSPS) is 18.6. The van der Waals surface area contributed by atoms with E-state index < -0.39 is 0 Å². The summed E-state index contributed by atoms with van der Waals surface area (Å²) in [4.78, 5) is 11.5. The van der Waals surface area contributed by atoms with Crippen LogP contribution < -0.4 is 10.1 Å². The van der Waals surface area contributed by atoms with Crippen LogP contribution in [-0.2, 0) is 4.74 Å². The third kappa shape index (κ3) is 3.47. The molecule has 1 aliphatic rings. The molecule has 1 fully saturated rings. The molecule has 2 rings (SSSR count). The van der Waals surface area contributed by atoms with Crippen LogP contribution >= 0.6 is 0 Å². The highest BCUT2D eigenvalue weighted by atomic mass is 16.5. The van der Waals surface area contributed by atoms with Crippen LogP contribution in [0.15, 0.2) is 24.3 Å². The molecule has 1 saturated heterocycles. The fraction of sp³-hybridized carbons (Fsp3) is 0.500. The van der Waals surface area contributed by atoms with Crippen LogP contribution in [0.3, 0.4) is 0 Å². The SMILES string of the molecule is CCOC(=O)c1ccc(OC[C@H]2CCNC2)cc1. The molecular weight excluding hydrogens is 230 g/mol. The molecule has 98 valence electrons. The molecule has 18 heavy (non-hydrogen) atoms. The van der Waals surface area contributed by atoms with E-state index in [-0.39, 0.29) is 5.97 Å². The highest BCUT2D eigenvalue weighted by molar-refractivity contribution is 5.89. The van der Waals surface area contributed by atoms with Crippen molar-refractivity contribution in [1.29, 1.82) is 0 Å². The van der Waals surface area contributed by atoms with E-state index in [0.717, 1.165) is 25.4 Å². The number of hydrogen-bond donors (Lipinski definition) is 1. The lowest BCUT2D eigenvalue weighted by molar-refractivity contribution is 0.0526. The molecule has 1 heterocycles. The number of hydrogen-bond acceptors (Lipinski definition) is 4. The molecule has 0 aliphatic carbocycles. The maximum absolute atomic E-state index is 11.5. The highest BCUT2D eigenvalue weighted by Gasteiger charge is 2.15. The van der Waals surface area contributed by atoms with Gasteiger partial charge in [0.15, 0.2) is 0 Å². The average molecular weight is 249 g/mol. The van der Waals surface area contributed by atoms with E-state index >= 15 is 0 Å². The molecule has 0 saturated carbocycles. The molecule has 4 heteroatoms. The molecule has 1 aromatic rings. The van der Waals surface area contributed by atoms with Gasteiger partial charge in [-0.3, -0.25) is 0 Å². The lowest BCUT2D eigenvalue weighted by Crippen LogP contribution is -2.15. The highest BCUT2D eigenvalue weighted by Crippen LogP contribution is 2.15. The summed E-state index contributed by atoms with van der Waals surface area (Å²) in [5.74, 6) is 1.11. The standard InChI is InChI=1S/C14H19NO3/c1-2-17-14(16)12-3-5-13(6-4-12)18-10-11-7-8-15-9-11/h3-6,11,15H,2,7-10H2,1H3/t11-/m0/s1. The number of carbonyl (C=O) groups excluding carboxylic acids is 1. The van der Waals surface area contributed by atoms with Crippen LogP contribution in [0.5, 0.6) is 5.75 Å². The Labute approximate surface area is 107 Å². The van der Waals surface area contributed by atoms with Crippen molar-refractivity contribution in [2.75, 3.05) is 26.3 Å². The third-order valence-electron chi connectivity index (χ3n) is 3.01. The largest absolute Gasteiger partial charge is 0.493 e. The third-order valence-corrected chi connectivity index (χ3v) is 3.01. The van der Waals surface area contributed by atoms with E-state index in [9.17, 15) is 4.79 Å². The smallest absolute Gasteiger partial charge is 0.338 e. The summed E-state index contributed by atoms with van der Waals surface area (Å²) in [6.07, 6.45) is 1.17. The molecule has 1 atom stereocenters. The van der Waals surface area contributed by atoms with Crippen molar-refractivity contribution in [2.45, 2.75) is 13.3 Å². The molecular formula is C14H19NO3. The Morgan fingerprint density at radius 1 is 1.39 bits per heavy atom. The van der Waals surface area contributed by atoms with Crippen molar-refractivity contribution < 1.29 is 14.3 Å². The fourth-order valence-electron chi connectivity index (χ4n) is 1.97. The Hall–Kier alpha value is -1.55. The maximum Gasteiger partial charge on any atom is 0.338 e. The molecule has 0 spiro atoms. The van der Waals surface area contributed by atoms with E-state index in [0.29, 0.717) is 18.1 Å².